The summed E-state index contributed by atoms with van der Waals surface area (Å²) in [5, 5.41) is 8.89. The Morgan fingerprint density at radius 3 is 2.67 bits per heavy atom. The summed E-state index contributed by atoms with van der Waals surface area (Å²) in [5.74, 6) is -2.31. The fourth-order valence-electron chi connectivity index (χ4n) is 1.69. The Bertz CT molecular complexity index is 791. The van der Waals surface area contributed by atoms with Gasteiger partial charge in [-0.2, -0.15) is 0 Å². The van der Waals surface area contributed by atoms with E-state index in [-0.39, 0.29) is 11.3 Å². The molecule has 0 saturated carbocycles. The molecule has 2 aromatic rings. The van der Waals surface area contributed by atoms with Crippen LogP contribution in [0.2, 0.25) is 0 Å². The van der Waals surface area contributed by atoms with E-state index in [0.29, 0.717) is 0 Å². The number of rotatable bonds is 4. The van der Waals surface area contributed by atoms with E-state index in [1.54, 1.807) is 0 Å². The minimum Gasteiger partial charge on any atom is -0.478 e. The van der Waals surface area contributed by atoms with Crippen LogP contribution in [0.15, 0.2) is 41.6 Å². The summed E-state index contributed by atoms with van der Waals surface area (Å²) < 4.78 is 40.4. The van der Waals surface area contributed by atoms with Crippen molar-refractivity contribution in [3.8, 4) is 0 Å². The van der Waals surface area contributed by atoms with E-state index in [1.807, 2.05) is 0 Å². The van der Waals surface area contributed by atoms with Crippen LogP contribution in [-0.4, -0.2) is 24.5 Å². The smallest absolute Gasteiger partial charge is 0.335 e. The number of hydrogen-bond acceptors (Lipinski definition) is 4. The maximum Gasteiger partial charge on any atom is 0.335 e. The van der Waals surface area contributed by atoms with Crippen molar-refractivity contribution in [3.63, 3.8) is 0 Å². The van der Waals surface area contributed by atoms with E-state index in [4.69, 9.17) is 5.11 Å². The van der Waals surface area contributed by atoms with Gasteiger partial charge in [0.15, 0.2) is 0 Å². The number of pyridine rings is 1. The number of nitrogens with one attached hydrogen (secondary N) is 1. The number of aromatic carboxylic acids is 1. The van der Waals surface area contributed by atoms with Gasteiger partial charge in [0, 0.05) is 11.8 Å². The Labute approximate surface area is 120 Å². The third-order valence-corrected chi connectivity index (χ3v) is 4.25. The van der Waals surface area contributed by atoms with Crippen LogP contribution in [0.1, 0.15) is 15.9 Å². The monoisotopic (exact) mass is 310 g/mol. The maximum absolute atomic E-state index is 13.7. The Kier molecular flexibility index (Phi) is 3.90. The molecule has 0 saturated heterocycles. The molecule has 21 heavy (non-hydrogen) atoms. The van der Waals surface area contributed by atoms with Gasteiger partial charge in [0.25, 0.3) is 10.0 Å². The lowest BCUT2D eigenvalue weighted by atomic mass is 10.1. The molecule has 0 spiro atoms. The standard InChI is InChI=1S/C13H11FN2O4S/c1-8-11(14)5-9(13(17)18)6-12(8)21(19,20)16-10-3-2-4-15-7-10/h2-7,16H,1H3,(H,17,18). The van der Waals surface area contributed by atoms with Crippen molar-refractivity contribution in [2.45, 2.75) is 11.8 Å². The molecule has 1 aromatic carbocycles. The number of carboxylic acid groups (broad SMARTS) is 1. The summed E-state index contributed by atoms with van der Waals surface area (Å²) >= 11 is 0. The molecule has 0 aliphatic heterocycles. The molecule has 2 rings (SSSR count). The molecule has 110 valence electrons. The molecule has 8 heteroatoms. The molecule has 1 aromatic heterocycles. The summed E-state index contributed by atoms with van der Waals surface area (Å²) in [4.78, 5) is 14.2. The van der Waals surface area contributed by atoms with Gasteiger partial charge in [-0.05, 0) is 31.2 Å². The number of benzene rings is 1. The van der Waals surface area contributed by atoms with Gasteiger partial charge in [-0.25, -0.2) is 17.6 Å². The average Bonchev–Trinajstić information content (AvgIpc) is 2.41. The molecular formula is C13H11FN2O4S. The highest BCUT2D eigenvalue weighted by Crippen LogP contribution is 2.23. The predicted molar refractivity (Wildman–Crippen MR) is 73.1 cm³/mol. The number of hydrogen-bond donors (Lipinski definition) is 2. The largest absolute Gasteiger partial charge is 0.478 e. The first-order chi connectivity index (χ1) is 9.81. The molecule has 0 unspecified atom stereocenters. The highest BCUT2D eigenvalue weighted by atomic mass is 32.2. The number of sulfonamides is 1. The van der Waals surface area contributed by atoms with Crippen LogP contribution in [0.5, 0.6) is 0 Å². The molecule has 1 heterocycles. The molecule has 0 aliphatic rings. The van der Waals surface area contributed by atoms with Crippen LogP contribution >= 0.6 is 0 Å². The van der Waals surface area contributed by atoms with E-state index in [2.05, 4.69) is 9.71 Å². The molecule has 2 N–H and O–H groups in total. The molecule has 0 fully saturated rings. The zero-order chi connectivity index (χ0) is 15.6. The van der Waals surface area contributed by atoms with Gasteiger partial charge in [0.1, 0.15) is 5.82 Å². The van der Waals surface area contributed by atoms with Gasteiger partial charge in [0.2, 0.25) is 0 Å². The molecule has 0 atom stereocenters. The van der Waals surface area contributed by atoms with Crippen molar-refractivity contribution in [1.29, 1.82) is 0 Å². The fraction of sp³-hybridized carbons (Fsp3) is 0.0769. The van der Waals surface area contributed by atoms with Gasteiger partial charge in [-0.3, -0.25) is 9.71 Å². The number of carboxylic acids is 1. The zero-order valence-corrected chi connectivity index (χ0v) is 11.7. The van der Waals surface area contributed by atoms with Crippen molar-refractivity contribution in [3.05, 3.63) is 53.6 Å². The third-order valence-electron chi connectivity index (χ3n) is 2.75. The van der Waals surface area contributed by atoms with Gasteiger partial charge in [0.05, 0.1) is 22.3 Å². The molecule has 0 amide bonds. The van der Waals surface area contributed by atoms with Gasteiger partial charge in [-0.1, -0.05) is 0 Å². The van der Waals surface area contributed by atoms with E-state index in [0.717, 1.165) is 12.1 Å². The second-order valence-corrected chi connectivity index (χ2v) is 5.88. The normalized spacial score (nSPS) is 11.1. The number of aromatic nitrogens is 1. The number of anilines is 1. The topological polar surface area (TPSA) is 96.4 Å². The highest BCUT2D eigenvalue weighted by molar-refractivity contribution is 7.92. The summed E-state index contributed by atoms with van der Waals surface area (Å²) in [7, 11) is -4.12. The second-order valence-electron chi connectivity index (χ2n) is 4.23. The number of nitrogens with zero attached hydrogens (tertiary/aromatic N) is 1. The average molecular weight is 310 g/mol. The number of carbonyl (C=O) groups is 1. The quantitative estimate of drug-likeness (QED) is 0.900. The van der Waals surface area contributed by atoms with Crippen LogP contribution in [0.25, 0.3) is 0 Å². The number of halogens is 1. The second kappa shape index (κ2) is 5.49. The molecular weight excluding hydrogens is 299 g/mol. The molecule has 0 aliphatic carbocycles. The first kappa shape index (κ1) is 14.9. The minimum atomic E-state index is -4.12. The lowest BCUT2D eigenvalue weighted by Gasteiger charge is -2.11. The maximum atomic E-state index is 13.7. The van der Waals surface area contributed by atoms with Gasteiger partial charge >= 0.3 is 5.97 Å². The van der Waals surface area contributed by atoms with Crippen molar-refractivity contribution in [2.24, 2.45) is 0 Å². The van der Waals surface area contributed by atoms with E-state index in [1.165, 1.54) is 31.5 Å². The van der Waals surface area contributed by atoms with Crippen LogP contribution < -0.4 is 4.72 Å². The fourth-order valence-corrected chi connectivity index (χ4v) is 3.01. The van der Waals surface area contributed by atoms with E-state index < -0.39 is 32.3 Å². The van der Waals surface area contributed by atoms with Crippen LogP contribution in [0.4, 0.5) is 10.1 Å². The molecule has 6 nitrogen and oxygen atoms in total. The Balaban J connectivity index is 2.52. The summed E-state index contributed by atoms with van der Waals surface area (Å²) in [6.45, 7) is 1.26. The van der Waals surface area contributed by atoms with Crippen molar-refractivity contribution < 1.29 is 22.7 Å². The molecule has 0 radical (unpaired) electrons. The van der Waals surface area contributed by atoms with Gasteiger partial charge in [-0.15, -0.1) is 0 Å². The first-order valence-corrected chi connectivity index (χ1v) is 7.26. The van der Waals surface area contributed by atoms with Crippen LogP contribution in [0.3, 0.4) is 0 Å². The Morgan fingerprint density at radius 1 is 1.38 bits per heavy atom. The lowest BCUT2D eigenvalue weighted by molar-refractivity contribution is 0.0696. The van der Waals surface area contributed by atoms with Crippen molar-refractivity contribution in [2.75, 3.05) is 4.72 Å². The zero-order valence-electron chi connectivity index (χ0n) is 10.9. The Morgan fingerprint density at radius 2 is 2.10 bits per heavy atom. The predicted octanol–water partition coefficient (Wildman–Crippen LogP) is 2.03. The minimum absolute atomic E-state index is 0.156. The summed E-state index contributed by atoms with van der Waals surface area (Å²) in [6.07, 6.45) is 2.75. The van der Waals surface area contributed by atoms with Crippen LogP contribution in [-0.2, 0) is 10.0 Å². The molecule has 0 bridgehead atoms. The third kappa shape index (κ3) is 3.16. The van der Waals surface area contributed by atoms with E-state index in [9.17, 15) is 17.6 Å². The highest BCUT2D eigenvalue weighted by Gasteiger charge is 2.22. The van der Waals surface area contributed by atoms with Crippen molar-refractivity contribution >= 4 is 21.7 Å². The summed E-state index contributed by atoms with van der Waals surface area (Å²) in [5.41, 5.74) is -0.404. The Hall–Kier alpha value is -2.48. The summed E-state index contributed by atoms with van der Waals surface area (Å²) in [6, 6.07) is 4.69. The van der Waals surface area contributed by atoms with E-state index >= 15 is 0 Å². The van der Waals surface area contributed by atoms with Gasteiger partial charge < -0.3 is 5.11 Å². The van der Waals surface area contributed by atoms with Crippen LogP contribution in [0, 0.1) is 12.7 Å². The van der Waals surface area contributed by atoms with Crippen molar-refractivity contribution in [1.82, 2.24) is 4.98 Å². The SMILES string of the molecule is Cc1c(F)cc(C(=O)O)cc1S(=O)(=O)Nc1cccnc1. The lowest BCUT2D eigenvalue weighted by Crippen LogP contribution is -2.16. The first-order valence-electron chi connectivity index (χ1n) is 5.77.